The Kier molecular flexibility index (Phi) is 6.90. The molecular formula is C14H19N3O7. The first kappa shape index (κ1) is 19.1. The van der Waals surface area contributed by atoms with Gasteiger partial charge in [-0.05, 0) is 0 Å². The van der Waals surface area contributed by atoms with E-state index in [1.165, 1.54) is 20.3 Å². The Morgan fingerprint density at radius 1 is 0.875 bits per heavy atom. The fraction of sp³-hybridized carbons (Fsp3) is 0.500. The fourth-order valence-electron chi connectivity index (χ4n) is 1.96. The van der Waals surface area contributed by atoms with Crippen LogP contribution in [0.25, 0.3) is 0 Å². The maximum absolute atomic E-state index is 12.4. The van der Waals surface area contributed by atoms with Crippen LogP contribution in [0.4, 0.5) is 0 Å². The fourth-order valence-corrected chi connectivity index (χ4v) is 1.96. The summed E-state index contributed by atoms with van der Waals surface area (Å²) >= 11 is 0. The van der Waals surface area contributed by atoms with Crippen LogP contribution in [0.2, 0.25) is 0 Å². The molecule has 24 heavy (non-hydrogen) atoms. The second kappa shape index (κ2) is 8.65. The molecule has 0 aliphatic rings. The molecule has 10 heteroatoms. The van der Waals surface area contributed by atoms with Gasteiger partial charge in [-0.25, -0.2) is 28.1 Å². The number of aromatic nitrogens is 3. The molecule has 0 aromatic carbocycles. The summed E-state index contributed by atoms with van der Waals surface area (Å²) < 4.78 is 11.2. The standard InChI is InChI=1S/C14H19N3O7/c1-4-7-15-12(20)16(8-5-10(18)23-2)14(22)17(13(15)21)9-6-11(19)24-3/h4H,1,5-9H2,2-3H3. The van der Waals surface area contributed by atoms with Crippen LogP contribution in [0.1, 0.15) is 12.8 Å². The zero-order chi connectivity index (χ0) is 18.3. The van der Waals surface area contributed by atoms with Crippen molar-refractivity contribution in [3.63, 3.8) is 0 Å². The summed E-state index contributed by atoms with van der Waals surface area (Å²) in [6.45, 7) is 2.83. The number of allylic oxidation sites excluding steroid dienone is 1. The number of carbonyl (C=O) groups is 2. The number of esters is 2. The van der Waals surface area contributed by atoms with Crippen molar-refractivity contribution in [1.82, 2.24) is 13.7 Å². The molecular weight excluding hydrogens is 322 g/mol. The second-order valence-corrected chi connectivity index (χ2v) is 4.70. The van der Waals surface area contributed by atoms with Crippen molar-refractivity contribution in [1.29, 1.82) is 0 Å². The van der Waals surface area contributed by atoms with Gasteiger partial charge in [-0.1, -0.05) is 6.08 Å². The Morgan fingerprint density at radius 2 is 1.25 bits per heavy atom. The minimum atomic E-state index is -0.905. The van der Waals surface area contributed by atoms with Crippen LogP contribution in [0.5, 0.6) is 0 Å². The number of hydrogen-bond acceptors (Lipinski definition) is 7. The van der Waals surface area contributed by atoms with E-state index in [9.17, 15) is 24.0 Å². The number of ether oxygens (including phenoxy) is 2. The third-order valence-corrected chi connectivity index (χ3v) is 3.23. The summed E-state index contributed by atoms with van der Waals surface area (Å²) in [4.78, 5) is 59.4. The summed E-state index contributed by atoms with van der Waals surface area (Å²) in [5.74, 6) is -1.22. The van der Waals surface area contributed by atoms with E-state index < -0.39 is 29.0 Å². The lowest BCUT2D eigenvalue weighted by atomic mass is 10.4. The molecule has 0 atom stereocenters. The van der Waals surface area contributed by atoms with Crippen molar-refractivity contribution in [2.75, 3.05) is 14.2 Å². The van der Waals surface area contributed by atoms with Crippen molar-refractivity contribution in [3.8, 4) is 0 Å². The molecule has 0 aliphatic carbocycles. The minimum absolute atomic E-state index is 0.117. The molecule has 0 radical (unpaired) electrons. The molecule has 0 saturated heterocycles. The van der Waals surface area contributed by atoms with Crippen molar-refractivity contribution in [2.24, 2.45) is 0 Å². The molecule has 0 amide bonds. The van der Waals surface area contributed by atoms with E-state index in [-0.39, 0.29) is 32.5 Å². The smallest absolute Gasteiger partial charge is 0.336 e. The van der Waals surface area contributed by atoms with Crippen LogP contribution in [-0.2, 0) is 38.7 Å². The molecule has 10 nitrogen and oxygen atoms in total. The van der Waals surface area contributed by atoms with Crippen LogP contribution in [0.15, 0.2) is 27.0 Å². The molecule has 1 rings (SSSR count). The number of rotatable bonds is 8. The van der Waals surface area contributed by atoms with Gasteiger partial charge in [-0.15, -0.1) is 6.58 Å². The molecule has 0 saturated carbocycles. The molecule has 132 valence electrons. The van der Waals surface area contributed by atoms with E-state index in [1.54, 1.807) is 0 Å². The first-order chi connectivity index (χ1) is 11.4. The lowest BCUT2D eigenvalue weighted by Crippen LogP contribution is -2.54. The van der Waals surface area contributed by atoms with Gasteiger partial charge in [0.05, 0.1) is 33.6 Å². The lowest BCUT2D eigenvalue weighted by molar-refractivity contribution is -0.141. The monoisotopic (exact) mass is 341 g/mol. The molecule has 0 unspecified atom stereocenters. The Hall–Kier alpha value is -2.91. The third-order valence-electron chi connectivity index (χ3n) is 3.23. The van der Waals surface area contributed by atoms with Gasteiger partial charge in [0.1, 0.15) is 0 Å². The highest BCUT2D eigenvalue weighted by molar-refractivity contribution is 5.69. The van der Waals surface area contributed by atoms with Gasteiger partial charge >= 0.3 is 29.0 Å². The van der Waals surface area contributed by atoms with E-state index in [0.717, 1.165) is 13.7 Å². The Labute approximate surface area is 136 Å². The average molecular weight is 341 g/mol. The van der Waals surface area contributed by atoms with Gasteiger partial charge in [-0.3, -0.25) is 9.59 Å². The highest BCUT2D eigenvalue weighted by Gasteiger charge is 2.16. The van der Waals surface area contributed by atoms with Gasteiger partial charge in [0.15, 0.2) is 0 Å². The molecule has 0 spiro atoms. The number of nitrogens with zero attached hydrogens (tertiary/aromatic N) is 3. The van der Waals surface area contributed by atoms with Crippen molar-refractivity contribution in [2.45, 2.75) is 32.5 Å². The maximum atomic E-state index is 12.4. The quantitative estimate of drug-likeness (QED) is 0.416. The number of methoxy groups -OCH3 is 2. The molecule has 0 N–H and O–H groups in total. The minimum Gasteiger partial charge on any atom is -0.469 e. The van der Waals surface area contributed by atoms with Gasteiger partial charge in [0, 0.05) is 13.1 Å². The third kappa shape index (κ3) is 4.31. The van der Waals surface area contributed by atoms with Gasteiger partial charge in [0.25, 0.3) is 0 Å². The van der Waals surface area contributed by atoms with E-state index >= 15 is 0 Å². The molecule has 1 aromatic heterocycles. The molecule has 0 aliphatic heterocycles. The molecule has 0 fully saturated rings. The van der Waals surface area contributed by atoms with Crippen molar-refractivity contribution in [3.05, 3.63) is 44.1 Å². The van der Waals surface area contributed by atoms with Crippen molar-refractivity contribution < 1.29 is 19.1 Å². The second-order valence-electron chi connectivity index (χ2n) is 4.70. The lowest BCUT2D eigenvalue weighted by Gasteiger charge is -2.12. The zero-order valence-corrected chi connectivity index (χ0v) is 13.5. The summed E-state index contributed by atoms with van der Waals surface area (Å²) in [5, 5.41) is 0. The zero-order valence-electron chi connectivity index (χ0n) is 13.5. The highest BCUT2D eigenvalue weighted by atomic mass is 16.5. The van der Waals surface area contributed by atoms with Gasteiger partial charge < -0.3 is 9.47 Å². The first-order valence-corrected chi connectivity index (χ1v) is 7.06. The van der Waals surface area contributed by atoms with E-state index in [4.69, 9.17) is 0 Å². The van der Waals surface area contributed by atoms with Crippen molar-refractivity contribution >= 4 is 11.9 Å². The molecule has 1 heterocycles. The Balaban J connectivity index is 3.38. The normalized spacial score (nSPS) is 10.2. The van der Waals surface area contributed by atoms with E-state index in [2.05, 4.69) is 16.1 Å². The van der Waals surface area contributed by atoms with Crippen LogP contribution in [0.3, 0.4) is 0 Å². The average Bonchev–Trinajstić information content (AvgIpc) is 2.57. The molecule has 0 bridgehead atoms. The SMILES string of the molecule is C=CCn1c(=O)n(CCC(=O)OC)c(=O)n(CCC(=O)OC)c1=O. The van der Waals surface area contributed by atoms with Crippen LogP contribution in [-0.4, -0.2) is 39.9 Å². The predicted molar refractivity (Wildman–Crippen MR) is 82.7 cm³/mol. The predicted octanol–water partition coefficient (Wildman–Crippen LogP) is -1.52. The molecule has 1 aromatic rings. The summed E-state index contributed by atoms with van der Waals surface area (Å²) in [6, 6.07) is 0. The number of carbonyl (C=O) groups excluding carboxylic acids is 2. The van der Waals surface area contributed by atoms with Gasteiger partial charge in [-0.2, -0.15) is 0 Å². The largest absolute Gasteiger partial charge is 0.469 e. The van der Waals surface area contributed by atoms with Crippen LogP contribution in [0, 0.1) is 0 Å². The van der Waals surface area contributed by atoms with Gasteiger partial charge in [0.2, 0.25) is 0 Å². The summed E-state index contributed by atoms with van der Waals surface area (Å²) in [6.07, 6.45) is 0.895. The maximum Gasteiger partial charge on any atom is 0.336 e. The summed E-state index contributed by atoms with van der Waals surface area (Å²) in [7, 11) is 2.36. The van der Waals surface area contributed by atoms with Crippen LogP contribution >= 0.6 is 0 Å². The van der Waals surface area contributed by atoms with Crippen LogP contribution < -0.4 is 17.1 Å². The first-order valence-electron chi connectivity index (χ1n) is 7.06. The summed E-state index contributed by atoms with van der Waals surface area (Å²) in [5.41, 5.74) is -2.62. The number of hydrogen-bond donors (Lipinski definition) is 0. The van der Waals surface area contributed by atoms with E-state index in [0.29, 0.717) is 0 Å². The Morgan fingerprint density at radius 3 is 1.58 bits per heavy atom. The van der Waals surface area contributed by atoms with E-state index in [1.807, 2.05) is 0 Å². The topological polar surface area (TPSA) is 119 Å². The highest BCUT2D eigenvalue weighted by Crippen LogP contribution is 1.89. The Bertz CT molecular complexity index is 742.